The molecule has 0 radical (unpaired) electrons. The molecular formula is C13H18FN3O5S. The highest BCUT2D eigenvalue weighted by Gasteiger charge is 2.29. The van der Waals surface area contributed by atoms with Crippen molar-refractivity contribution in [2.45, 2.75) is 25.5 Å². The number of nitrogens with zero attached hydrogens (tertiary/aromatic N) is 2. The fraction of sp³-hybridized carbons (Fsp3) is 0.615. The molecule has 0 saturated carbocycles. The minimum absolute atomic E-state index is 0.0300. The van der Waals surface area contributed by atoms with E-state index in [-0.39, 0.29) is 19.1 Å². The number of hydrogen-bond acceptors (Lipinski definition) is 8. The molecule has 10 heteroatoms. The van der Waals surface area contributed by atoms with Crippen molar-refractivity contribution in [2.75, 3.05) is 24.7 Å². The predicted molar refractivity (Wildman–Crippen MR) is 81.4 cm³/mol. The number of rotatable bonds is 5. The van der Waals surface area contributed by atoms with Crippen LogP contribution in [0.4, 0.5) is 15.0 Å². The maximum Gasteiger partial charge on any atom is 0.508 e. The van der Waals surface area contributed by atoms with E-state index in [1.165, 1.54) is 11.8 Å². The van der Waals surface area contributed by atoms with Crippen molar-refractivity contribution in [1.82, 2.24) is 9.55 Å². The second kappa shape index (κ2) is 7.64. The van der Waals surface area contributed by atoms with E-state index in [9.17, 15) is 14.0 Å². The summed E-state index contributed by atoms with van der Waals surface area (Å²) in [6.45, 7) is 4.06. The van der Waals surface area contributed by atoms with Gasteiger partial charge in [0.25, 0.3) is 0 Å². The summed E-state index contributed by atoms with van der Waals surface area (Å²) < 4.78 is 29.8. The molecule has 1 fully saturated rings. The number of hydrogen-bond donors (Lipinski definition) is 1. The summed E-state index contributed by atoms with van der Waals surface area (Å²) in [4.78, 5) is 26.4. The topological polar surface area (TPSA) is 106 Å². The molecule has 1 saturated heterocycles. The molecule has 0 bridgehead atoms. The molecule has 0 spiro atoms. The van der Waals surface area contributed by atoms with E-state index in [0.29, 0.717) is 5.75 Å². The summed E-state index contributed by atoms with van der Waals surface area (Å²) >= 11 is 1.33. The third-order valence-corrected chi connectivity index (χ3v) is 3.95. The van der Waals surface area contributed by atoms with E-state index in [0.717, 1.165) is 10.8 Å². The molecule has 8 nitrogen and oxygen atoms in total. The largest absolute Gasteiger partial charge is 0.508 e. The first-order valence-electron chi connectivity index (χ1n) is 6.97. The van der Waals surface area contributed by atoms with Crippen molar-refractivity contribution >= 4 is 23.7 Å². The van der Waals surface area contributed by atoms with E-state index in [1.54, 1.807) is 0 Å². The number of carbonyl (C=O) groups is 1. The molecule has 2 heterocycles. The van der Waals surface area contributed by atoms with Gasteiger partial charge < -0.3 is 19.9 Å². The van der Waals surface area contributed by atoms with Crippen LogP contribution in [0.5, 0.6) is 0 Å². The first-order valence-corrected chi connectivity index (χ1v) is 8.02. The second-order valence-electron chi connectivity index (χ2n) is 5.28. The van der Waals surface area contributed by atoms with Gasteiger partial charge in [0, 0.05) is 5.75 Å². The summed E-state index contributed by atoms with van der Waals surface area (Å²) in [6, 6.07) is 0. The van der Waals surface area contributed by atoms with Crippen LogP contribution in [0.15, 0.2) is 11.0 Å². The van der Waals surface area contributed by atoms with Gasteiger partial charge in [0.15, 0.2) is 11.6 Å². The Morgan fingerprint density at radius 1 is 1.61 bits per heavy atom. The van der Waals surface area contributed by atoms with Crippen molar-refractivity contribution in [3.05, 3.63) is 22.5 Å². The number of aromatic nitrogens is 2. The molecule has 1 aliphatic heterocycles. The summed E-state index contributed by atoms with van der Waals surface area (Å²) in [7, 11) is 0. The van der Waals surface area contributed by atoms with Crippen LogP contribution in [0, 0.1) is 11.7 Å². The number of thioether (sulfide) groups is 1. The fourth-order valence-electron chi connectivity index (χ4n) is 1.75. The zero-order chi connectivity index (χ0) is 17.0. The van der Waals surface area contributed by atoms with Gasteiger partial charge >= 0.3 is 11.8 Å². The quantitative estimate of drug-likeness (QED) is 0.796. The maximum atomic E-state index is 13.4. The SMILES string of the molecule is CC(C)COC(=O)OC[C@@H]1O[C@H](n2cc(F)c(N)nc2=O)CS1. The molecule has 0 aromatic carbocycles. The minimum Gasteiger partial charge on any atom is -0.434 e. The Hall–Kier alpha value is -1.81. The van der Waals surface area contributed by atoms with E-state index in [4.69, 9.17) is 19.9 Å². The Kier molecular flexibility index (Phi) is 5.83. The molecule has 2 rings (SSSR count). The zero-order valence-corrected chi connectivity index (χ0v) is 13.5. The van der Waals surface area contributed by atoms with Crippen LogP contribution in [-0.4, -0.2) is 40.1 Å². The van der Waals surface area contributed by atoms with E-state index < -0.39 is 35.1 Å². The highest BCUT2D eigenvalue weighted by atomic mass is 32.2. The van der Waals surface area contributed by atoms with Gasteiger partial charge in [-0.3, -0.25) is 4.57 Å². The molecule has 0 amide bonds. The molecular weight excluding hydrogens is 329 g/mol. The average Bonchev–Trinajstić information content (AvgIpc) is 2.95. The number of carbonyl (C=O) groups excluding carboxylic acids is 1. The van der Waals surface area contributed by atoms with Crippen LogP contribution in [-0.2, 0) is 14.2 Å². The molecule has 1 aromatic heterocycles. The zero-order valence-electron chi connectivity index (χ0n) is 12.7. The first-order chi connectivity index (χ1) is 10.9. The Morgan fingerprint density at radius 2 is 2.35 bits per heavy atom. The van der Waals surface area contributed by atoms with Crippen molar-refractivity contribution in [2.24, 2.45) is 5.92 Å². The van der Waals surface area contributed by atoms with Gasteiger partial charge in [0.2, 0.25) is 0 Å². The van der Waals surface area contributed by atoms with Crippen LogP contribution >= 0.6 is 11.8 Å². The number of nitrogens with two attached hydrogens (primary N) is 1. The Morgan fingerprint density at radius 3 is 3.04 bits per heavy atom. The van der Waals surface area contributed by atoms with Crippen molar-refractivity contribution in [1.29, 1.82) is 0 Å². The summed E-state index contributed by atoms with van der Waals surface area (Å²) in [5.74, 6) is -0.649. The van der Waals surface area contributed by atoms with Gasteiger partial charge in [-0.15, -0.1) is 11.8 Å². The number of anilines is 1. The molecule has 0 aliphatic carbocycles. The molecule has 0 unspecified atom stereocenters. The highest BCUT2D eigenvalue weighted by Crippen LogP contribution is 2.31. The third kappa shape index (κ3) is 4.83. The summed E-state index contributed by atoms with van der Waals surface area (Å²) in [5, 5.41) is 0. The van der Waals surface area contributed by atoms with Crippen molar-refractivity contribution in [3.8, 4) is 0 Å². The Labute approximate surface area is 136 Å². The lowest BCUT2D eigenvalue weighted by atomic mass is 10.2. The van der Waals surface area contributed by atoms with Gasteiger partial charge in [-0.25, -0.2) is 14.0 Å². The van der Waals surface area contributed by atoms with Gasteiger partial charge in [-0.2, -0.15) is 4.98 Å². The average molecular weight is 347 g/mol. The lowest BCUT2D eigenvalue weighted by molar-refractivity contribution is -0.0254. The fourth-order valence-corrected chi connectivity index (χ4v) is 2.74. The third-order valence-electron chi connectivity index (χ3n) is 2.85. The highest BCUT2D eigenvalue weighted by molar-refractivity contribution is 8.00. The van der Waals surface area contributed by atoms with Crippen molar-refractivity contribution < 1.29 is 23.4 Å². The van der Waals surface area contributed by atoms with Crippen LogP contribution in [0.2, 0.25) is 0 Å². The molecule has 1 aromatic rings. The molecule has 23 heavy (non-hydrogen) atoms. The maximum absolute atomic E-state index is 13.4. The minimum atomic E-state index is -0.796. The number of halogens is 1. The lowest BCUT2D eigenvalue weighted by Crippen LogP contribution is -2.30. The first kappa shape index (κ1) is 17.5. The van der Waals surface area contributed by atoms with Gasteiger partial charge in [0.1, 0.15) is 18.3 Å². The van der Waals surface area contributed by atoms with Gasteiger partial charge in [-0.1, -0.05) is 13.8 Å². The van der Waals surface area contributed by atoms with Crippen LogP contribution in [0.1, 0.15) is 20.1 Å². The van der Waals surface area contributed by atoms with Gasteiger partial charge in [0.05, 0.1) is 12.8 Å². The van der Waals surface area contributed by atoms with Crippen LogP contribution in [0.25, 0.3) is 0 Å². The normalized spacial score (nSPS) is 20.7. The standard InChI is InChI=1S/C13H18FN3O5S/c1-7(2)4-20-13(19)21-5-10-22-9(6-23-10)17-3-8(14)11(15)16-12(17)18/h3,7,9-10H,4-6H2,1-2H3,(H2,15,16,18)/t9-,10+/m0/s1. The smallest absolute Gasteiger partial charge is 0.434 e. The second-order valence-corrected chi connectivity index (χ2v) is 6.48. The molecule has 2 atom stereocenters. The van der Waals surface area contributed by atoms with E-state index in [2.05, 4.69) is 4.98 Å². The van der Waals surface area contributed by atoms with Crippen LogP contribution < -0.4 is 11.4 Å². The molecule has 1 aliphatic rings. The van der Waals surface area contributed by atoms with Gasteiger partial charge in [-0.05, 0) is 5.92 Å². The molecule has 128 valence electrons. The summed E-state index contributed by atoms with van der Waals surface area (Å²) in [5.41, 5.74) is 4.05. The molecule has 2 N–H and O–H groups in total. The Bertz CT molecular complexity index is 624. The summed E-state index contributed by atoms with van der Waals surface area (Å²) in [6.07, 6.45) is -0.519. The lowest BCUT2D eigenvalue weighted by Gasteiger charge is -2.15. The van der Waals surface area contributed by atoms with Crippen molar-refractivity contribution in [3.63, 3.8) is 0 Å². The number of ether oxygens (including phenoxy) is 3. The Balaban J connectivity index is 1.86. The number of nitrogen functional groups attached to an aromatic ring is 1. The van der Waals surface area contributed by atoms with Crippen LogP contribution in [0.3, 0.4) is 0 Å². The van der Waals surface area contributed by atoms with E-state index in [1.807, 2.05) is 13.8 Å². The monoisotopic (exact) mass is 347 g/mol. The predicted octanol–water partition coefficient (Wildman–Crippen LogP) is 1.36. The van der Waals surface area contributed by atoms with E-state index >= 15 is 0 Å².